The fraction of sp³-hybridized carbons (Fsp3) is 0.125. The normalized spacial score (nSPS) is 9.18. The topological polar surface area (TPSA) is 42.0 Å². The van der Waals surface area contributed by atoms with Crippen molar-refractivity contribution in [2.24, 2.45) is 0 Å². The Balaban J connectivity index is 2.58. The minimum atomic E-state index is -0.101. The van der Waals surface area contributed by atoms with Crippen molar-refractivity contribution in [3.63, 3.8) is 0 Å². The van der Waals surface area contributed by atoms with Crippen molar-refractivity contribution >= 4 is 11.6 Å². The van der Waals surface area contributed by atoms with Crippen LogP contribution >= 0.6 is 0 Å². The molecule has 0 fully saturated rings. The summed E-state index contributed by atoms with van der Waals surface area (Å²) in [6.07, 6.45) is 4.73. The second-order valence-corrected chi connectivity index (χ2v) is 2.01. The molecule has 11 heavy (non-hydrogen) atoms. The molecule has 0 unspecified atom stereocenters. The van der Waals surface area contributed by atoms with Gasteiger partial charge in [0.05, 0.1) is 0 Å². The van der Waals surface area contributed by atoms with Crippen LogP contribution in [0.3, 0.4) is 0 Å². The Morgan fingerprint density at radius 2 is 2.18 bits per heavy atom. The van der Waals surface area contributed by atoms with Crippen LogP contribution in [0.4, 0.5) is 5.69 Å². The molecule has 3 nitrogen and oxygen atoms in total. The van der Waals surface area contributed by atoms with E-state index in [-0.39, 0.29) is 5.91 Å². The lowest BCUT2D eigenvalue weighted by molar-refractivity contribution is -0.113. The van der Waals surface area contributed by atoms with E-state index in [1.54, 1.807) is 31.5 Å². The average Bonchev–Trinajstić information content (AvgIpc) is 2.06. The second kappa shape index (κ2) is 3.71. The molecule has 1 heterocycles. The van der Waals surface area contributed by atoms with Crippen LogP contribution in [0, 0.1) is 6.42 Å². The van der Waals surface area contributed by atoms with E-state index < -0.39 is 0 Å². The maximum Gasteiger partial charge on any atom is 0.227 e. The summed E-state index contributed by atoms with van der Waals surface area (Å²) in [6.45, 7) is 1.69. The first kappa shape index (κ1) is 7.72. The molecule has 1 radical (unpaired) electrons. The van der Waals surface area contributed by atoms with Crippen molar-refractivity contribution in [2.75, 3.05) is 5.32 Å². The monoisotopic (exact) mass is 149 g/mol. The maximum absolute atomic E-state index is 10.8. The molecule has 0 aliphatic rings. The summed E-state index contributed by atoms with van der Waals surface area (Å²) in [5, 5.41) is 2.66. The van der Waals surface area contributed by atoms with Gasteiger partial charge in [0.2, 0.25) is 5.91 Å². The van der Waals surface area contributed by atoms with E-state index in [1.165, 1.54) is 6.42 Å². The van der Waals surface area contributed by atoms with Crippen molar-refractivity contribution in [3.05, 3.63) is 30.9 Å². The molecular weight excluding hydrogens is 140 g/mol. The summed E-state index contributed by atoms with van der Waals surface area (Å²) in [5.74, 6) is -0.101. The van der Waals surface area contributed by atoms with Gasteiger partial charge in [-0.2, -0.15) is 0 Å². The molecule has 0 saturated carbocycles. The first-order chi connectivity index (χ1) is 5.33. The van der Waals surface area contributed by atoms with Crippen molar-refractivity contribution in [1.29, 1.82) is 0 Å². The zero-order valence-corrected chi connectivity index (χ0v) is 6.24. The number of hydrogen-bond donors (Lipinski definition) is 1. The molecule has 0 bridgehead atoms. The van der Waals surface area contributed by atoms with Crippen molar-refractivity contribution < 1.29 is 4.79 Å². The predicted molar refractivity (Wildman–Crippen MR) is 42.8 cm³/mol. The lowest BCUT2D eigenvalue weighted by Gasteiger charge is -2.00. The summed E-state index contributed by atoms with van der Waals surface area (Å²) in [5.41, 5.74) is 0.767. The number of nitrogens with one attached hydrogen (secondary N) is 1. The Labute approximate surface area is 65.5 Å². The summed E-state index contributed by atoms with van der Waals surface area (Å²) >= 11 is 0. The summed E-state index contributed by atoms with van der Waals surface area (Å²) in [4.78, 5) is 14.6. The molecule has 57 valence electrons. The van der Waals surface area contributed by atoms with Crippen LogP contribution in [0.2, 0.25) is 0 Å². The Kier molecular flexibility index (Phi) is 2.60. The van der Waals surface area contributed by atoms with Gasteiger partial charge >= 0.3 is 0 Å². The number of anilines is 1. The van der Waals surface area contributed by atoms with Crippen LogP contribution in [0.1, 0.15) is 6.92 Å². The zero-order valence-electron chi connectivity index (χ0n) is 6.24. The third kappa shape index (κ3) is 2.37. The van der Waals surface area contributed by atoms with Gasteiger partial charge in [-0.05, 0) is 12.1 Å². The fourth-order valence-corrected chi connectivity index (χ4v) is 0.650. The second-order valence-electron chi connectivity index (χ2n) is 2.01. The number of carbonyl (C=O) groups excluding carboxylic acids is 1. The van der Waals surface area contributed by atoms with Crippen LogP contribution < -0.4 is 5.32 Å². The molecule has 1 aromatic rings. The highest BCUT2D eigenvalue weighted by atomic mass is 16.1. The molecule has 0 atom stereocenters. The van der Waals surface area contributed by atoms with Gasteiger partial charge in [0, 0.05) is 24.5 Å². The number of rotatable bonds is 2. The summed E-state index contributed by atoms with van der Waals surface area (Å²) < 4.78 is 0. The van der Waals surface area contributed by atoms with Gasteiger partial charge in [-0.1, -0.05) is 6.92 Å². The van der Waals surface area contributed by atoms with E-state index >= 15 is 0 Å². The number of amides is 1. The lowest BCUT2D eigenvalue weighted by atomic mass is 10.4. The van der Waals surface area contributed by atoms with Crippen LogP contribution in [-0.4, -0.2) is 10.9 Å². The third-order valence-electron chi connectivity index (χ3n) is 1.21. The molecule has 3 heteroatoms. The third-order valence-corrected chi connectivity index (χ3v) is 1.21. The molecule has 0 saturated heterocycles. The average molecular weight is 149 g/mol. The standard InChI is InChI=1S/C8H9N2O/c1-2-8(11)10-7-3-5-9-6-4-7/h2-6H,1H3,(H,9,10,11). The lowest BCUT2D eigenvalue weighted by Crippen LogP contribution is -2.09. The molecule has 0 aromatic carbocycles. The Bertz CT molecular complexity index is 233. The van der Waals surface area contributed by atoms with Crippen molar-refractivity contribution in [2.45, 2.75) is 6.92 Å². The summed E-state index contributed by atoms with van der Waals surface area (Å²) in [7, 11) is 0. The maximum atomic E-state index is 10.8. The quantitative estimate of drug-likeness (QED) is 0.687. The highest BCUT2D eigenvalue weighted by Crippen LogP contribution is 2.02. The number of nitrogens with zero attached hydrogens (tertiary/aromatic N) is 1. The largest absolute Gasteiger partial charge is 0.326 e. The van der Waals surface area contributed by atoms with Crippen LogP contribution in [0.25, 0.3) is 0 Å². The van der Waals surface area contributed by atoms with Gasteiger partial charge in [-0.3, -0.25) is 9.78 Å². The van der Waals surface area contributed by atoms with Gasteiger partial charge in [0.1, 0.15) is 0 Å². The van der Waals surface area contributed by atoms with Gasteiger partial charge in [0.15, 0.2) is 0 Å². The molecule has 0 spiro atoms. The van der Waals surface area contributed by atoms with E-state index in [2.05, 4.69) is 10.3 Å². The van der Waals surface area contributed by atoms with Crippen LogP contribution in [0.5, 0.6) is 0 Å². The molecule has 1 amide bonds. The van der Waals surface area contributed by atoms with E-state index in [0.29, 0.717) is 0 Å². The van der Waals surface area contributed by atoms with Crippen LogP contribution in [-0.2, 0) is 4.79 Å². The SMILES string of the molecule is C[CH]C(=O)Nc1ccncc1. The van der Waals surface area contributed by atoms with E-state index in [0.717, 1.165) is 5.69 Å². The number of pyridine rings is 1. The van der Waals surface area contributed by atoms with Gasteiger partial charge in [-0.15, -0.1) is 0 Å². The number of carbonyl (C=O) groups is 1. The highest BCUT2D eigenvalue weighted by Gasteiger charge is 1.96. The van der Waals surface area contributed by atoms with Gasteiger partial charge in [-0.25, -0.2) is 0 Å². The van der Waals surface area contributed by atoms with Crippen molar-refractivity contribution in [1.82, 2.24) is 4.98 Å². The first-order valence-electron chi connectivity index (χ1n) is 3.33. The summed E-state index contributed by atoms with van der Waals surface area (Å²) in [6, 6.07) is 3.47. The van der Waals surface area contributed by atoms with Crippen molar-refractivity contribution in [3.8, 4) is 0 Å². The van der Waals surface area contributed by atoms with E-state index in [9.17, 15) is 4.79 Å². The Morgan fingerprint density at radius 1 is 1.55 bits per heavy atom. The smallest absolute Gasteiger partial charge is 0.227 e. The molecule has 1 aromatic heterocycles. The van der Waals surface area contributed by atoms with Gasteiger partial charge < -0.3 is 5.32 Å². The molecule has 0 aliphatic heterocycles. The zero-order chi connectivity index (χ0) is 8.10. The minimum absolute atomic E-state index is 0.101. The van der Waals surface area contributed by atoms with E-state index in [4.69, 9.17) is 0 Å². The first-order valence-corrected chi connectivity index (χ1v) is 3.33. The van der Waals surface area contributed by atoms with E-state index in [1.807, 2.05) is 0 Å². The Morgan fingerprint density at radius 3 is 2.73 bits per heavy atom. The highest BCUT2D eigenvalue weighted by molar-refractivity contribution is 5.96. The number of aromatic nitrogens is 1. The fourth-order valence-electron chi connectivity index (χ4n) is 0.650. The predicted octanol–water partition coefficient (Wildman–Crippen LogP) is 1.24. The van der Waals surface area contributed by atoms with Crippen LogP contribution in [0.15, 0.2) is 24.5 Å². The Hall–Kier alpha value is -1.38. The molecule has 0 aliphatic carbocycles. The number of hydrogen-bond acceptors (Lipinski definition) is 2. The molecule has 1 rings (SSSR count). The molecule has 1 N–H and O–H groups in total. The molecular formula is C8H9N2O. The van der Waals surface area contributed by atoms with Gasteiger partial charge in [0.25, 0.3) is 0 Å². The minimum Gasteiger partial charge on any atom is -0.326 e.